The van der Waals surface area contributed by atoms with E-state index in [1.807, 2.05) is 0 Å². The van der Waals surface area contributed by atoms with Gasteiger partial charge < -0.3 is 9.79 Å². The van der Waals surface area contributed by atoms with Gasteiger partial charge in [0.15, 0.2) is 5.78 Å². The maximum Gasteiger partial charge on any atom is 0.432 e. The summed E-state index contributed by atoms with van der Waals surface area (Å²) in [6.07, 6.45) is 26.1. The summed E-state index contributed by atoms with van der Waals surface area (Å²) in [5, 5.41) is 0. The van der Waals surface area contributed by atoms with E-state index in [1.165, 1.54) is 96.3 Å². The smallest absolute Gasteiger partial charge is 0.308 e. The third kappa shape index (κ3) is 22.5. The number of hydrogen-bond acceptors (Lipinski definition) is 3. The Hall–Kier alpha value is -0.710. The quantitative estimate of drug-likeness (QED) is 0.0815. The first-order valence-electron chi connectivity index (χ1n) is 15.2. The zero-order valence-electron chi connectivity index (χ0n) is 23.7. The monoisotopic (exact) mass is 531 g/mol. The van der Waals surface area contributed by atoms with Crippen molar-refractivity contribution in [3.8, 4) is 0 Å². The molecular weight excluding hydrogens is 473 g/mol. The number of amides is 1. The highest BCUT2D eigenvalue weighted by Crippen LogP contribution is 2.40. The Morgan fingerprint density at radius 3 is 1.17 bits per heavy atom. The van der Waals surface area contributed by atoms with Crippen LogP contribution in [0.3, 0.4) is 0 Å². The van der Waals surface area contributed by atoms with Crippen LogP contribution in [0.5, 0.6) is 0 Å². The van der Waals surface area contributed by atoms with Crippen LogP contribution in [-0.4, -0.2) is 32.7 Å². The number of rotatable bonds is 27. The first-order chi connectivity index (χ1) is 17.3. The highest BCUT2D eigenvalue weighted by molar-refractivity contribution is 7.50. The normalized spacial score (nSPS) is 11.7. The van der Waals surface area contributed by atoms with Gasteiger partial charge in [0.1, 0.15) is 0 Å². The van der Waals surface area contributed by atoms with E-state index in [4.69, 9.17) is 0 Å². The van der Waals surface area contributed by atoms with Crippen molar-refractivity contribution in [3.63, 3.8) is 0 Å². The number of carbonyl (C=O) groups excluding carboxylic acids is 2. The first kappa shape index (κ1) is 35.3. The predicted molar refractivity (Wildman–Crippen MR) is 151 cm³/mol. The van der Waals surface area contributed by atoms with E-state index in [-0.39, 0.29) is 18.6 Å². The molecule has 6 nitrogen and oxygen atoms in total. The molecule has 0 rings (SSSR count). The van der Waals surface area contributed by atoms with Gasteiger partial charge in [0.25, 0.3) is 0 Å². The number of hydrogen-bond donors (Lipinski definition) is 2. The summed E-state index contributed by atoms with van der Waals surface area (Å²) in [6, 6.07) is 0. The van der Waals surface area contributed by atoms with Crippen molar-refractivity contribution in [1.29, 1.82) is 0 Å². The third-order valence-corrected chi connectivity index (χ3v) is 7.98. The molecule has 1 amide bonds. The molecule has 0 aliphatic carbocycles. The van der Waals surface area contributed by atoms with Crippen molar-refractivity contribution in [1.82, 2.24) is 4.67 Å². The molecule has 0 heterocycles. The second kappa shape index (κ2) is 24.6. The van der Waals surface area contributed by atoms with Crippen LogP contribution in [0, 0.1) is 0 Å². The van der Waals surface area contributed by atoms with E-state index in [1.54, 1.807) is 0 Å². The molecule has 2 N–H and O–H groups in total. The zero-order chi connectivity index (χ0) is 26.9. The molecule has 0 fully saturated rings. The molecule has 0 aromatic rings. The average molecular weight is 532 g/mol. The molecule has 36 heavy (non-hydrogen) atoms. The van der Waals surface area contributed by atoms with Crippen LogP contribution in [-0.2, 0) is 14.2 Å². The molecule has 0 aromatic carbocycles. The predicted octanol–water partition coefficient (Wildman–Crippen LogP) is 8.88. The number of nitrogens with zero attached hydrogens (tertiary/aromatic N) is 1. The molecule has 0 aromatic heterocycles. The maximum absolute atomic E-state index is 12.4. The number of ketones is 1. The molecular formula is C29H58NO5P. The van der Waals surface area contributed by atoms with Gasteiger partial charge in [-0.05, 0) is 12.8 Å². The van der Waals surface area contributed by atoms with Crippen LogP contribution in [0.25, 0.3) is 0 Å². The molecule has 0 radical (unpaired) electrons. The number of carbonyl (C=O) groups is 2. The van der Waals surface area contributed by atoms with E-state index in [2.05, 4.69) is 13.8 Å². The Morgan fingerprint density at radius 1 is 0.528 bits per heavy atom. The Kier molecular flexibility index (Phi) is 24.1. The van der Waals surface area contributed by atoms with Gasteiger partial charge in [-0.25, -0.2) is 9.24 Å². The zero-order valence-corrected chi connectivity index (χ0v) is 24.6. The van der Waals surface area contributed by atoms with E-state index >= 15 is 0 Å². The second-order valence-electron chi connectivity index (χ2n) is 10.6. The third-order valence-electron chi connectivity index (χ3n) is 6.98. The fraction of sp³-hybridized carbons (Fsp3) is 0.931. The number of unbranched alkanes of at least 4 members (excludes halogenated alkanes) is 20. The van der Waals surface area contributed by atoms with E-state index in [0.717, 1.165) is 38.5 Å². The lowest BCUT2D eigenvalue weighted by atomic mass is 10.0. The minimum atomic E-state index is -4.77. The van der Waals surface area contributed by atoms with Gasteiger partial charge in [-0.15, -0.1) is 0 Å². The summed E-state index contributed by atoms with van der Waals surface area (Å²) in [5.41, 5.74) is 0. The van der Waals surface area contributed by atoms with Crippen LogP contribution in [0.1, 0.15) is 168 Å². The standard InChI is InChI=1S/C29H58NO5P/c1-3-5-7-9-11-13-15-17-19-21-23-25-28(31)27-30(36(33,34)35)29(32)26-24-22-20-18-16-14-12-10-8-6-4-2/h3-27H2,1-2H3,(H2,33,34,35). The fourth-order valence-corrected chi connectivity index (χ4v) is 5.36. The minimum Gasteiger partial charge on any atom is -0.308 e. The van der Waals surface area contributed by atoms with Gasteiger partial charge in [0.05, 0.1) is 6.54 Å². The highest BCUT2D eigenvalue weighted by atomic mass is 31.2. The Bertz CT molecular complexity index is 578. The summed E-state index contributed by atoms with van der Waals surface area (Å²) < 4.78 is 12.3. The van der Waals surface area contributed by atoms with Crippen molar-refractivity contribution < 1.29 is 23.9 Å². The van der Waals surface area contributed by atoms with Crippen molar-refractivity contribution >= 4 is 19.4 Å². The lowest BCUT2D eigenvalue weighted by molar-refractivity contribution is -0.131. The summed E-state index contributed by atoms with van der Waals surface area (Å²) in [5.74, 6) is -0.868. The lowest BCUT2D eigenvalue weighted by Gasteiger charge is -2.22. The summed E-state index contributed by atoms with van der Waals surface area (Å²) >= 11 is 0. The molecule has 0 aliphatic heterocycles. The molecule has 214 valence electrons. The molecule has 0 unspecified atom stereocenters. The molecule has 0 bridgehead atoms. The fourth-order valence-electron chi connectivity index (χ4n) is 4.63. The van der Waals surface area contributed by atoms with Crippen LogP contribution in [0.15, 0.2) is 0 Å². The Balaban J connectivity index is 3.91. The van der Waals surface area contributed by atoms with E-state index < -0.39 is 20.2 Å². The van der Waals surface area contributed by atoms with Gasteiger partial charge in [-0.2, -0.15) is 0 Å². The van der Waals surface area contributed by atoms with Gasteiger partial charge in [-0.3, -0.25) is 9.59 Å². The van der Waals surface area contributed by atoms with Crippen LogP contribution < -0.4 is 0 Å². The summed E-state index contributed by atoms with van der Waals surface area (Å²) in [7, 11) is -4.77. The average Bonchev–Trinajstić information content (AvgIpc) is 2.83. The largest absolute Gasteiger partial charge is 0.432 e. The van der Waals surface area contributed by atoms with Crippen LogP contribution in [0.2, 0.25) is 0 Å². The van der Waals surface area contributed by atoms with E-state index in [0.29, 0.717) is 11.1 Å². The van der Waals surface area contributed by atoms with Crippen LogP contribution in [0.4, 0.5) is 0 Å². The Labute approximate surface area is 222 Å². The molecule has 7 heteroatoms. The summed E-state index contributed by atoms with van der Waals surface area (Å²) in [4.78, 5) is 43.9. The van der Waals surface area contributed by atoms with Crippen molar-refractivity contribution in [2.45, 2.75) is 168 Å². The molecule has 0 saturated carbocycles. The van der Waals surface area contributed by atoms with Gasteiger partial charge in [-0.1, -0.05) is 142 Å². The maximum atomic E-state index is 12.4. The van der Waals surface area contributed by atoms with Crippen LogP contribution >= 0.6 is 7.75 Å². The molecule has 0 aliphatic rings. The van der Waals surface area contributed by atoms with Gasteiger partial charge in [0, 0.05) is 12.8 Å². The lowest BCUT2D eigenvalue weighted by Crippen LogP contribution is -2.32. The second-order valence-corrected chi connectivity index (χ2v) is 12.1. The van der Waals surface area contributed by atoms with Gasteiger partial charge >= 0.3 is 7.75 Å². The SMILES string of the molecule is CCCCCCCCCCCCCC(=O)CN(C(=O)CCCCCCCCCCCCC)P(=O)(O)O. The van der Waals surface area contributed by atoms with Crippen molar-refractivity contribution in [2.24, 2.45) is 0 Å². The summed E-state index contributed by atoms with van der Waals surface area (Å²) in [6.45, 7) is 3.98. The van der Waals surface area contributed by atoms with Crippen molar-refractivity contribution in [3.05, 3.63) is 0 Å². The highest BCUT2D eigenvalue weighted by Gasteiger charge is 2.31. The number of Topliss-reactive ketones (excluding diaryl/α,β-unsaturated/α-hetero) is 1. The molecule has 0 atom stereocenters. The molecule has 0 saturated heterocycles. The first-order valence-corrected chi connectivity index (χ1v) is 16.8. The topological polar surface area (TPSA) is 94.9 Å². The minimum absolute atomic E-state index is 0.0911. The Morgan fingerprint density at radius 2 is 0.833 bits per heavy atom. The van der Waals surface area contributed by atoms with Crippen molar-refractivity contribution in [2.75, 3.05) is 6.54 Å². The molecule has 0 spiro atoms. The van der Waals surface area contributed by atoms with E-state index in [9.17, 15) is 23.9 Å². The van der Waals surface area contributed by atoms with Gasteiger partial charge in [0.2, 0.25) is 5.91 Å².